The van der Waals surface area contributed by atoms with E-state index in [0.29, 0.717) is 11.7 Å². The standard InChI is InChI=1S/C14H19BrN4/c1-14(2,3)12(9-15)10-19-17-13(16-18-19)11-7-5-4-6-8-11/h4-8,12H,9-10H2,1-3H3. The Morgan fingerprint density at radius 3 is 2.47 bits per heavy atom. The Bertz CT molecular complexity index is 516. The maximum absolute atomic E-state index is 4.46. The normalized spacial score (nSPS) is 13.5. The predicted octanol–water partition coefficient (Wildman–Crippen LogP) is 3.40. The summed E-state index contributed by atoms with van der Waals surface area (Å²) in [5.41, 5.74) is 1.21. The number of hydrogen-bond donors (Lipinski definition) is 0. The van der Waals surface area contributed by atoms with Gasteiger partial charge in [0, 0.05) is 10.9 Å². The zero-order chi connectivity index (χ0) is 13.9. The molecule has 0 aliphatic heterocycles. The summed E-state index contributed by atoms with van der Waals surface area (Å²) in [5, 5.41) is 13.7. The van der Waals surface area contributed by atoms with Gasteiger partial charge in [0.2, 0.25) is 5.82 Å². The van der Waals surface area contributed by atoms with Crippen LogP contribution in [-0.4, -0.2) is 25.5 Å². The summed E-state index contributed by atoms with van der Waals surface area (Å²) in [5.74, 6) is 1.15. The Kier molecular flexibility index (Phi) is 4.34. The third-order valence-corrected chi connectivity index (χ3v) is 4.06. The zero-order valence-electron chi connectivity index (χ0n) is 11.5. The Labute approximate surface area is 122 Å². The van der Waals surface area contributed by atoms with Crippen LogP contribution in [0.15, 0.2) is 30.3 Å². The predicted molar refractivity (Wildman–Crippen MR) is 80.0 cm³/mol. The molecule has 19 heavy (non-hydrogen) atoms. The molecule has 0 aliphatic carbocycles. The molecule has 0 saturated heterocycles. The lowest BCUT2D eigenvalue weighted by Gasteiger charge is -2.28. The monoisotopic (exact) mass is 322 g/mol. The quantitative estimate of drug-likeness (QED) is 0.810. The summed E-state index contributed by atoms with van der Waals surface area (Å²) in [6, 6.07) is 9.92. The van der Waals surface area contributed by atoms with E-state index in [-0.39, 0.29) is 5.41 Å². The molecule has 0 bridgehead atoms. The molecule has 0 aliphatic rings. The second-order valence-corrected chi connectivity index (χ2v) is 6.40. The molecule has 0 amide bonds. The van der Waals surface area contributed by atoms with Gasteiger partial charge in [-0.2, -0.15) is 4.80 Å². The van der Waals surface area contributed by atoms with Crippen LogP contribution in [0.3, 0.4) is 0 Å². The van der Waals surface area contributed by atoms with Crippen LogP contribution in [0.1, 0.15) is 20.8 Å². The summed E-state index contributed by atoms with van der Waals surface area (Å²) >= 11 is 3.57. The van der Waals surface area contributed by atoms with Gasteiger partial charge in [-0.15, -0.1) is 10.2 Å². The Balaban J connectivity index is 2.14. The van der Waals surface area contributed by atoms with E-state index in [1.165, 1.54) is 0 Å². The van der Waals surface area contributed by atoms with Gasteiger partial charge in [-0.05, 0) is 16.5 Å². The van der Waals surface area contributed by atoms with Gasteiger partial charge in [-0.1, -0.05) is 67.0 Å². The molecular formula is C14H19BrN4. The van der Waals surface area contributed by atoms with E-state index in [9.17, 15) is 0 Å². The summed E-state index contributed by atoms with van der Waals surface area (Å²) in [7, 11) is 0. The number of tetrazole rings is 1. The van der Waals surface area contributed by atoms with Crippen molar-refractivity contribution in [1.29, 1.82) is 0 Å². The SMILES string of the molecule is CC(C)(C)C(CBr)Cn1nnc(-c2ccccc2)n1. The molecule has 1 unspecified atom stereocenters. The van der Waals surface area contributed by atoms with Crippen molar-refractivity contribution >= 4 is 15.9 Å². The maximum atomic E-state index is 4.46. The van der Waals surface area contributed by atoms with E-state index in [0.717, 1.165) is 17.4 Å². The third-order valence-electron chi connectivity index (χ3n) is 3.28. The van der Waals surface area contributed by atoms with Crippen molar-refractivity contribution in [3.63, 3.8) is 0 Å². The second-order valence-electron chi connectivity index (χ2n) is 5.75. The zero-order valence-corrected chi connectivity index (χ0v) is 13.1. The molecule has 0 N–H and O–H groups in total. The molecule has 102 valence electrons. The highest BCUT2D eigenvalue weighted by Gasteiger charge is 2.24. The third kappa shape index (κ3) is 3.62. The Morgan fingerprint density at radius 2 is 1.89 bits per heavy atom. The highest BCUT2D eigenvalue weighted by Crippen LogP contribution is 2.28. The maximum Gasteiger partial charge on any atom is 0.204 e. The molecular weight excluding hydrogens is 304 g/mol. The van der Waals surface area contributed by atoms with Crippen molar-refractivity contribution in [3.05, 3.63) is 30.3 Å². The average Bonchev–Trinajstić information content (AvgIpc) is 2.84. The number of aromatic nitrogens is 4. The molecule has 1 atom stereocenters. The van der Waals surface area contributed by atoms with Gasteiger partial charge in [-0.25, -0.2) is 0 Å². The van der Waals surface area contributed by atoms with Crippen molar-refractivity contribution < 1.29 is 0 Å². The highest BCUT2D eigenvalue weighted by atomic mass is 79.9. The molecule has 2 rings (SSSR count). The average molecular weight is 323 g/mol. The Hall–Kier alpha value is -1.23. The second kappa shape index (κ2) is 5.82. The molecule has 4 nitrogen and oxygen atoms in total. The van der Waals surface area contributed by atoms with E-state index in [1.54, 1.807) is 4.80 Å². The van der Waals surface area contributed by atoms with Gasteiger partial charge in [0.25, 0.3) is 0 Å². The fourth-order valence-corrected chi connectivity index (χ4v) is 2.95. The van der Waals surface area contributed by atoms with Crippen LogP contribution < -0.4 is 0 Å². The van der Waals surface area contributed by atoms with Crippen molar-refractivity contribution in [2.45, 2.75) is 27.3 Å². The molecule has 1 aromatic heterocycles. The summed E-state index contributed by atoms with van der Waals surface area (Å²) in [6.07, 6.45) is 0. The minimum absolute atomic E-state index is 0.212. The van der Waals surface area contributed by atoms with Gasteiger partial charge in [0.05, 0.1) is 6.54 Å². The van der Waals surface area contributed by atoms with E-state index < -0.39 is 0 Å². The molecule has 0 radical (unpaired) electrons. The number of alkyl halides is 1. The topological polar surface area (TPSA) is 43.6 Å². The van der Waals surface area contributed by atoms with Crippen LogP contribution in [-0.2, 0) is 6.54 Å². The lowest BCUT2D eigenvalue weighted by Crippen LogP contribution is -2.27. The molecule has 0 spiro atoms. The van der Waals surface area contributed by atoms with Crippen LogP contribution in [0, 0.1) is 11.3 Å². The first kappa shape index (κ1) is 14.2. The summed E-state index contributed by atoms with van der Waals surface area (Å²) in [6.45, 7) is 7.46. The van der Waals surface area contributed by atoms with Gasteiger partial charge in [0.15, 0.2) is 0 Å². The van der Waals surface area contributed by atoms with Crippen molar-refractivity contribution in [3.8, 4) is 11.4 Å². The van der Waals surface area contributed by atoms with Gasteiger partial charge in [0.1, 0.15) is 0 Å². The van der Waals surface area contributed by atoms with E-state index in [4.69, 9.17) is 0 Å². The molecule has 0 fully saturated rings. The lowest BCUT2D eigenvalue weighted by atomic mass is 9.82. The first-order valence-corrected chi connectivity index (χ1v) is 7.52. The number of hydrogen-bond acceptors (Lipinski definition) is 3. The smallest absolute Gasteiger partial charge is 0.164 e. The van der Waals surface area contributed by atoms with Crippen molar-refractivity contribution in [2.24, 2.45) is 11.3 Å². The van der Waals surface area contributed by atoms with Crippen molar-refractivity contribution in [2.75, 3.05) is 5.33 Å². The van der Waals surface area contributed by atoms with Crippen LogP contribution in [0.5, 0.6) is 0 Å². The minimum Gasteiger partial charge on any atom is -0.164 e. The van der Waals surface area contributed by atoms with E-state index >= 15 is 0 Å². The summed E-state index contributed by atoms with van der Waals surface area (Å²) in [4.78, 5) is 1.69. The lowest BCUT2D eigenvalue weighted by molar-refractivity contribution is 0.221. The van der Waals surface area contributed by atoms with Gasteiger partial charge >= 0.3 is 0 Å². The van der Waals surface area contributed by atoms with E-state index in [2.05, 4.69) is 52.1 Å². The van der Waals surface area contributed by atoms with Crippen LogP contribution in [0.4, 0.5) is 0 Å². The minimum atomic E-state index is 0.212. The highest BCUT2D eigenvalue weighted by molar-refractivity contribution is 9.09. The Morgan fingerprint density at radius 1 is 1.21 bits per heavy atom. The van der Waals surface area contributed by atoms with Crippen LogP contribution >= 0.6 is 15.9 Å². The summed E-state index contributed by atoms with van der Waals surface area (Å²) < 4.78 is 0. The molecule has 0 saturated carbocycles. The van der Waals surface area contributed by atoms with Crippen LogP contribution in [0.25, 0.3) is 11.4 Å². The fourth-order valence-electron chi connectivity index (χ4n) is 1.77. The van der Waals surface area contributed by atoms with Crippen LogP contribution in [0.2, 0.25) is 0 Å². The molecule has 2 aromatic rings. The molecule has 1 heterocycles. The first-order chi connectivity index (χ1) is 9.00. The van der Waals surface area contributed by atoms with Gasteiger partial charge in [-0.3, -0.25) is 0 Å². The number of halogens is 1. The van der Waals surface area contributed by atoms with Crippen molar-refractivity contribution in [1.82, 2.24) is 20.2 Å². The first-order valence-electron chi connectivity index (χ1n) is 6.40. The number of rotatable bonds is 4. The number of benzene rings is 1. The largest absolute Gasteiger partial charge is 0.204 e. The molecule has 5 heteroatoms. The molecule has 1 aromatic carbocycles. The van der Waals surface area contributed by atoms with Gasteiger partial charge < -0.3 is 0 Å². The van der Waals surface area contributed by atoms with E-state index in [1.807, 2.05) is 30.3 Å². The number of nitrogens with zero attached hydrogens (tertiary/aromatic N) is 4. The fraction of sp³-hybridized carbons (Fsp3) is 0.500.